The molecule has 2 rings (SSSR count). The molecule has 120 valence electrons. The van der Waals surface area contributed by atoms with Crippen molar-refractivity contribution in [1.82, 2.24) is 5.32 Å². The van der Waals surface area contributed by atoms with Crippen molar-refractivity contribution < 1.29 is 19.1 Å². The average molecular weight is 307 g/mol. The van der Waals surface area contributed by atoms with Crippen LogP contribution >= 0.6 is 0 Å². The summed E-state index contributed by atoms with van der Waals surface area (Å²) < 4.78 is 13.3. The van der Waals surface area contributed by atoms with Crippen molar-refractivity contribution in [3.8, 4) is 0 Å². The Hall–Kier alpha value is -1.91. The number of hydrogen-bond acceptors (Lipinski definition) is 2. The Morgan fingerprint density at radius 1 is 1.41 bits per heavy atom. The van der Waals surface area contributed by atoms with Gasteiger partial charge in [-0.05, 0) is 42.9 Å². The Balaban J connectivity index is 1.95. The summed E-state index contributed by atoms with van der Waals surface area (Å²) in [5.74, 6) is -1.30. The van der Waals surface area contributed by atoms with Crippen LogP contribution in [0.15, 0.2) is 24.3 Å². The van der Waals surface area contributed by atoms with Crippen molar-refractivity contribution in [3.05, 3.63) is 35.6 Å². The molecule has 1 saturated carbocycles. The van der Waals surface area contributed by atoms with Gasteiger partial charge in [-0.1, -0.05) is 25.5 Å². The van der Waals surface area contributed by atoms with Gasteiger partial charge >= 0.3 is 5.97 Å². The van der Waals surface area contributed by atoms with Crippen LogP contribution < -0.4 is 5.32 Å². The highest BCUT2D eigenvalue weighted by molar-refractivity contribution is 5.84. The Labute approximate surface area is 129 Å². The summed E-state index contributed by atoms with van der Waals surface area (Å²) in [7, 11) is 0. The van der Waals surface area contributed by atoms with Crippen LogP contribution in [-0.2, 0) is 16.0 Å². The molecule has 0 bridgehead atoms. The Kier molecular flexibility index (Phi) is 5.16. The van der Waals surface area contributed by atoms with Gasteiger partial charge in [-0.2, -0.15) is 0 Å². The molecule has 2 N–H and O–H groups in total. The van der Waals surface area contributed by atoms with Crippen molar-refractivity contribution in [1.29, 1.82) is 0 Å². The lowest BCUT2D eigenvalue weighted by Crippen LogP contribution is -2.48. The van der Waals surface area contributed by atoms with Crippen molar-refractivity contribution >= 4 is 11.9 Å². The lowest BCUT2D eigenvalue weighted by Gasteiger charge is -2.40. The summed E-state index contributed by atoms with van der Waals surface area (Å²) in [5.41, 5.74) is 0.366. The predicted octanol–water partition coefficient (Wildman–Crippen LogP) is 2.77. The van der Waals surface area contributed by atoms with E-state index < -0.39 is 11.4 Å². The van der Waals surface area contributed by atoms with Crippen molar-refractivity contribution in [2.24, 2.45) is 11.3 Å². The highest BCUT2D eigenvalue weighted by Crippen LogP contribution is 2.44. The number of rotatable bonds is 7. The monoisotopic (exact) mass is 307 g/mol. The molecule has 0 radical (unpaired) electrons. The van der Waals surface area contributed by atoms with Crippen LogP contribution in [0, 0.1) is 17.2 Å². The first-order valence-corrected chi connectivity index (χ1v) is 7.66. The zero-order valence-corrected chi connectivity index (χ0v) is 12.8. The van der Waals surface area contributed by atoms with E-state index >= 15 is 0 Å². The number of halogens is 1. The molecule has 4 nitrogen and oxygen atoms in total. The third kappa shape index (κ3) is 4.06. The number of nitrogens with one attached hydrogen (secondary N) is 1. The van der Waals surface area contributed by atoms with E-state index in [4.69, 9.17) is 5.11 Å². The standard InChI is InChI=1S/C17H22FNO3/c1-12(8-15(20)21)11-19-16(22)17(6-3-7-17)10-13-4-2-5-14(18)9-13/h2,4-5,9,12H,3,6-8,10-11H2,1H3,(H,19,22)(H,20,21). The highest BCUT2D eigenvalue weighted by Gasteiger charge is 2.43. The molecular formula is C17H22FNO3. The van der Waals surface area contributed by atoms with E-state index in [0.717, 1.165) is 24.8 Å². The molecule has 1 unspecified atom stereocenters. The van der Waals surface area contributed by atoms with Gasteiger partial charge in [0.25, 0.3) is 0 Å². The first kappa shape index (κ1) is 16.5. The molecule has 1 aliphatic carbocycles. The third-order valence-corrected chi connectivity index (χ3v) is 4.36. The van der Waals surface area contributed by atoms with E-state index in [-0.39, 0.29) is 24.1 Å². The SMILES string of the molecule is CC(CNC(=O)C1(Cc2cccc(F)c2)CCC1)CC(=O)O. The van der Waals surface area contributed by atoms with Crippen LogP contribution in [0.2, 0.25) is 0 Å². The molecule has 0 aliphatic heterocycles. The van der Waals surface area contributed by atoms with Gasteiger partial charge in [-0.25, -0.2) is 4.39 Å². The molecule has 0 aromatic heterocycles. The molecule has 22 heavy (non-hydrogen) atoms. The van der Waals surface area contributed by atoms with E-state index in [9.17, 15) is 14.0 Å². The largest absolute Gasteiger partial charge is 0.481 e. The van der Waals surface area contributed by atoms with Gasteiger partial charge in [0.1, 0.15) is 5.82 Å². The van der Waals surface area contributed by atoms with Crippen molar-refractivity contribution in [3.63, 3.8) is 0 Å². The summed E-state index contributed by atoms with van der Waals surface area (Å²) in [6, 6.07) is 6.36. The molecule has 1 aromatic rings. The number of carboxylic acids is 1. The minimum Gasteiger partial charge on any atom is -0.481 e. The molecule has 1 aliphatic rings. The first-order valence-electron chi connectivity index (χ1n) is 7.66. The summed E-state index contributed by atoms with van der Waals surface area (Å²) in [6.07, 6.45) is 3.15. The number of carboxylic acid groups (broad SMARTS) is 1. The predicted molar refractivity (Wildman–Crippen MR) is 80.8 cm³/mol. The van der Waals surface area contributed by atoms with E-state index in [1.54, 1.807) is 13.0 Å². The summed E-state index contributed by atoms with van der Waals surface area (Å²) in [4.78, 5) is 23.1. The van der Waals surface area contributed by atoms with Gasteiger partial charge in [0, 0.05) is 13.0 Å². The fourth-order valence-corrected chi connectivity index (χ4v) is 2.95. The van der Waals surface area contributed by atoms with E-state index in [2.05, 4.69) is 5.32 Å². The van der Waals surface area contributed by atoms with Crippen LogP contribution in [0.5, 0.6) is 0 Å². The molecule has 1 amide bonds. The second kappa shape index (κ2) is 6.90. The Morgan fingerprint density at radius 2 is 2.14 bits per heavy atom. The van der Waals surface area contributed by atoms with Gasteiger partial charge in [0.15, 0.2) is 0 Å². The van der Waals surface area contributed by atoms with E-state index in [1.165, 1.54) is 12.1 Å². The van der Waals surface area contributed by atoms with Gasteiger partial charge in [0.05, 0.1) is 5.41 Å². The van der Waals surface area contributed by atoms with Crippen molar-refractivity contribution in [2.45, 2.75) is 39.0 Å². The van der Waals surface area contributed by atoms with Crippen LogP contribution in [0.3, 0.4) is 0 Å². The number of amides is 1. The lowest BCUT2D eigenvalue weighted by atomic mass is 9.64. The Morgan fingerprint density at radius 3 is 2.68 bits per heavy atom. The number of carbonyl (C=O) groups is 2. The topological polar surface area (TPSA) is 66.4 Å². The fourth-order valence-electron chi connectivity index (χ4n) is 2.95. The quantitative estimate of drug-likeness (QED) is 0.814. The fraction of sp³-hybridized carbons (Fsp3) is 0.529. The van der Waals surface area contributed by atoms with Gasteiger partial charge in [0.2, 0.25) is 5.91 Å². The molecule has 1 aromatic carbocycles. The number of aliphatic carboxylic acids is 1. The van der Waals surface area contributed by atoms with Gasteiger partial charge in [-0.15, -0.1) is 0 Å². The molecule has 1 fully saturated rings. The van der Waals surface area contributed by atoms with Crippen LogP contribution in [0.25, 0.3) is 0 Å². The van der Waals surface area contributed by atoms with Crippen LogP contribution in [0.4, 0.5) is 4.39 Å². The Bertz CT molecular complexity index is 555. The van der Waals surface area contributed by atoms with Crippen LogP contribution in [-0.4, -0.2) is 23.5 Å². The molecule has 1 atom stereocenters. The average Bonchev–Trinajstić information content (AvgIpc) is 2.39. The third-order valence-electron chi connectivity index (χ3n) is 4.36. The lowest BCUT2D eigenvalue weighted by molar-refractivity contribution is -0.139. The molecule has 5 heteroatoms. The maximum Gasteiger partial charge on any atom is 0.303 e. The maximum atomic E-state index is 13.3. The zero-order valence-electron chi connectivity index (χ0n) is 12.8. The molecule has 0 heterocycles. The molecule has 0 spiro atoms. The number of carbonyl (C=O) groups excluding carboxylic acids is 1. The number of benzene rings is 1. The summed E-state index contributed by atoms with van der Waals surface area (Å²) in [5, 5.41) is 11.6. The normalized spacial score (nSPS) is 17.4. The van der Waals surface area contributed by atoms with Crippen LogP contribution in [0.1, 0.15) is 38.2 Å². The maximum absolute atomic E-state index is 13.3. The second-order valence-electron chi connectivity index (χ2n) is 6.35. The van der Waals surface area contributed by atoms with E-state index in [1.807, 2.05) is 6.07 Å². The highest BCUT2D eigenvalue weighted by atomic mass is 19.1. The van der Waals surface area contributed by atoms with Gasteiger partial charge < -0.3 is 10.4 Å². The zero-order chi connectivity index (χ0) is 16.2. The first-order chi connectivity index (χ1) is 10.4. The second-order valence-corrected chi connectivity index (χ2v) is 6.35. The number of hydrogen-bond donors (Lipinski definition) is 2. The van der Waals surface area contributed by atoms with Crippen molar-refractivity contribution in [2.75, 3.05) is 6.54 Å². The molecular weight excluding hydrogens is 285 g/mol. The summed E-state index contributed by atoms with van der Waals surface area (Å²) in [6.45, 7) is 2.16. The van der Waals surface area contributed by atoms with Gasteiger partial charge in [-0.3, -0.25) is 9.59 Å². The minimum absolute atomic E-state index is 0.0389. The smallest absolute Gasteiger partial charge is 0.303 e. The van der Waals surface area contributed by atoms with E-state index in [0.29, 0.717) is 13.0 Å². The summed E-state index contributed by atoms with van der Waals surface area (Å²) >= 11 is 0. The molecule has 0 saturated heterocycles. The minimum atomic E-state index is -0.861.